The third-order valence-corrected chi connectivity index (χ3v) is 5.13. The highest BCUT2D eigenvalue weighted by atomic mass is 32.2. The van der Waals surface area contributed by atoms with Crippen LogP contribution in [0.5, 0.6) is 0 Å². The molecule has 0 radical (unpaired) electrons. The summed E-state index contributed by atoms with van der Waals surface area (Å²) >= 11 is 0. The Kier molecular flexibility index (Phi) is 4.66. The first kappa shape index (κ1) is 18.3. The summed E-state index contributed by atoms with van der Waals surface area (Å²) in [7, 11) is -3.70. The third-order valence-electron chi connectivity index (χ3n) is 4.00. The van der Waals surface area contributed by atoms with Crippen molar-refractivity contribution >= 4 is 9.84 Å². The first-order valence-electron chi connectivity index (χ1n) is 7.84. The van der Waals surface area contributed by atoms with E-state index in [0.717, 1.165) is 23.4 Å². The fourth-order valence-electron chi connectivity index (χ4n) is 2.98. The number of nitrogens with zero attached hydrogens (tertiary/aromatic N) is 1. The number of hydrogen-bond donors (Lipinski definition) is 0. The summed E-state index contributed by atoms with van der Waals surface area (Å²) in [5.74, 6) is -0.937. The van der Waals surface area contributed by atoms with Gasteiger partial charge in [-0.3, -0.25) is 0 Å². The van der Waals surface area contributed by atoms with Crippen LogP contribution in [0.2, 0.25) is 0 Å². The number of halogens is 2. The van der Waals surface area contributed by atoms with Crippen LogP contribution in [0.1, 0.15) is 16.9 Å². The summed E-state index contributed by atoms with van der Waals surface area (Å²) in [6.07, 6.45) is 0.929. The van der Waals surface area contributed by atoms with E-state index in [1.807, 2.05) is 32.0 Å². The zero-order chi connectivity index (χ0) is 19.1. The van der Waals surface area contributed by atoms with Gasteiger partial charge in [-0.1, -0.05) is 28.4 Å². The van der Waals surface area contributed by atoms with Gasteiger partial charge in [-0.25, -0.2) is 17.2 Å². The fourth-order valence-corrected chi connectivity index (χ4v) is 3.71. The van der Waals surface area contributed by atoms with E-state index >= 15 is 0 Å². The molecule has 7 heteroatoms. The molecule has 0 fully saturated rings. The van der Waals surface area contributed by atoms with Gasteiger partial charge in [0, 0.05) is 11.8 Å². The van der Waals surface area contributed by atoms with Gasteiger partial charge in [0.25, 0.3) is 0 Å². The molecule has 0 amide bonds. The smallest absolute Gasteiger partial charge is 0.178 e. The van der Waals surface area contributed by atoms with Gasteiger partial charge in [0.1, 0.15) is 16.4 Å². The highest BCUT2D eigenvalue weighted by molar-refractivity contribution is 7.90. The van der Waals surface area contributed by atoms with Gasteiger partial charge < -0.3 is 4.52 Å². The number of aromatic nitrogens is 1. The van der Waals surface area contributed by atoms with Crippen LogP contribution in [-0.2, 0) is 16.5 Å². The topological polar surface area (TPSA) is 60.2 Å². The molecule has 0 spiro atoms. The molecule has 4 nitrogen and oxygen atoms in total. The van der Waals surface area contributed by atoms with Crippen LogP contribution in [0.3, 0.4) is 0 Å². The minimum Gasteiger partial charge on any atom is -0.357 e. The van der Waals surface area contributed by atoms with Crippen LogP contribution in [0.4, 0.5) is 8.78 Å². The van der Waals surface area contributed by atoms with Crippen LogP contribution in [0.25, 0.3) is 22.4 Å². The zero-order valence-electron chi connectivity index (χ0n) is 14.5. The van der Waals surface area contributed by atoms with Gasteiger partial charge >= 0.3 is 0 Å². The molecule has 0 atom stereocenters. The van der Waals surface area contributed by atoms with Gasteiger partial charge in [-0.2, -0.15) is 0 Å². The molecule has 136 valence electrons. The lowest BCUT2D eigenvalue weighted by Crippen LogP contribution is -2.01. The molecule has 3 rings (SSSR count). The molecule has 2 aromatic carbocycles. The zero-order valence-corrected chi connectivity index (χ0v) is 15.3. The predicted molar refractivity (Wildman–Crippen MR) is 94.7 cm³/mol. The van der Waals surface area contributed by atoms with Crippen molar-refractivity contribution in [3.8, 4) is 22.4 Å². The van der Waals surface area contributed by atoms with Crippen LogP contribution < -0.4 is 0 Å². The second-order valence-corrected chi connectivity index (χ2v) is 8.24. The lowest BCUT2D eigenvalue weighted by Gasteiger charge is -2.08. The molecule has 0 aliphatic heterocycles. The minimum absolute atomic E-state index is 0.0364. The van der Waals surface area contributed by atoms with Crippen molar-refractivity contribution in [1.29, 1.82) is 0 Å². The van der Waals surface area contributed by atoms with Crippen molar-refractivity contribution in [1.82, 2.24) is 5.16 Å². The molecule has 1 heterocycles. The summed E-state index contributed by atoms with van der Waals surface area (Å²) in [6, 6.07) is 9.39. The van der Waals surface area contributed by atoms with E-state index in [1.165, 1.54) is 12.1 Å². The quantitative estimate of drug-likeness (QED) is 0.665. The first-order chi connectivity index (χ1) is 12.2. The van der Waals surface area contributed by atoms with Crippen molar-refractivity contribution in [2.75, 3.05) is 6.26 Å². The molecule has 0 unspecified atom stereocenters. The maximum Gasteiger partial charge on any atom is 0.178 e. The average molecular weight is 377 g/mol. The summed E-state index contributed by atoms with van der Waals surface area (Å²) in [5, 5.41) is 3.96. The Labute approximate surface area is 150 Å². The molecule has 26 heavy (non-hydrogen) atoms. The minimum atomic E-state index is -3.70. The first-order valence-corrected chi connectivity index (χ1v) is 9.73. The van der Waals surface area contributed by atoms with E-state index in [1.54, 1.807) is 0 Å². The van der Waals surface area contributed by atoms with E-state index in [0.29, 0.717) is 22.4 Å². The Morgan fingerprint density at radius 1 is 1.04 bits per heavy atom. The van der Waals surface area contributed by atoms with Crippen LogP contribution >= 0.6 is 0 Å². The second-order valence-electron chi connectivity index (χ2n) is 6.26. The monoisotopic (exact) mass is 377 g/mol. The summed E-state index contributed by atoms with van der Waals surface area (Å²) in [6.45, 7) is 2.93. The fraction of sp³-hybridized carbons (Fsp3) is 0.211. The summed E-state index contributed by atoms with van der Waals surface area (Å²) in [4.78, 5) is -0.410. The van der Waals surface area contributed by atoms with E-state index in [9.17, 15) is 17.2 Å². The summed E-state index contributed by atoms with van der Waals surface area (Å²) < 4.78 is 56.0. The standard InChI is InChI=1S/C19H17F2NO3S/c1-11-6-12(2)8-14(7-11)19-18(16(10-20)25-22-19)13-4-5-17(15(21)9-13)26(3,23)24/h4-9H,10H2,1-3H3. The molecule has 0 aliphatic carbocycles. The maximum atomic E-state index is 14.3. The van der Waals surface area contributed by atoms with E-state index in [-0.39, 0.29) is 5.76 Å². The number of alkyl halides is 1. The SMILES string of the molecule is Cc1cc(C)cc(-c2noc(CF)c2-c2ccc(S(C)(=O)=O)c(F)c2)c1. The molecule has 0 aliphatic rings. The van der Waals surface area contributed by atoms with Crippen molar-refractivity contribution in [2.45, 2.75) is 25.4 Å². The second kappa shape index (κ2) is 6.64. The van der Waals surface area contributed by atoms with Crippen molar-refractivity contribution < 1.29 is 21.7 Å². The number of hydrogen-bond acceptors (Lipinski definition) is 4. The average Bonchev–Trinajstić information content (AvgIpc) is 2.96. The maximum absolute atomic E-state index is 14.3. The van der Waals surface area contributed by atoms with Crippen LogP contribution in [-0.4, -0.2) is 19.8 Å². The Hall–Kier alpha value is -2.54. The third kappa shape index (κ3) is 3.39. The lowest BCUT2D eigenvalue weighted by atomic mass is 9.97. The molecular formula is C19H17F2NO3S. The molecule has 0 saturated carbocycles. The molecule has 0 N–H and O–H groups in total. The highest BCUT2D eigenvalue weighted by Gasteiger charge is 2.22. The number of aryl methyl sites for hydroxylation is 2. The van der Waals surface area contributed by atoms with Gasteiger partial charge in [0.05, 0.1) is 5.56 Å². The van der Waals surface area contributed by atoms with Crippen LogP contribution in [0, 0.1) is 19.7 Å². The Morgan fingerprint density at radius 2 is 1.69 bits per heavy atom. The number of sulfone groups is 1. The molecule has 0 saturated heterocycles. The Bertz CT molecular complexity index is 1070. The molecule has 1 aromatic heterocycles. The molecule has 0 bridgehead atoms. The van der Waals surface area contributed by atoms with Crippen molar-refractivity contribution in [2.24, 2.45) is 0 Å². The molecule has 3 aromatic rings. The van der Waals surface area contributed by atoms with Gasteiger partial charge in [0.2, 0.25) is 0 Å². The lowest BCUT2D eigenvalue weighted by molar-refractivity contribution is 0.332. The van der Waals surface area contributed by atoms with Crippen molar-refractivity contribution in [3.63, 3.8) is 0 Å². The van der Waals surface area contributed by atoms with Gasteiger partial charge in [-0.15, -0.1) is 0 Å². The van der Waals surface area contributed by atoms with E-state index in [2.05, 4.69) is 5.16 Å². The predicted octanol–water partition coefficient (Wildman–Crippen LogP) is 4.64. The van der Waals surface area contributed by atoms with E-state index < -0.39 is 27.2 Å². The van der Waals surface area contributed by atoms with E-state index in [4.69, 9.17) is 4.52 Å². The highest BCUT2D eigenvalue weighted by Crippen LogP contribution is 2.36. The Balaban J connectivity index is 2.22. The molecular weight excluding hydrogens is 360 g/mol. The van der Waals surface area contributed by atoms with Crippen LogP contribution in [0.15, 0.2) is 45.8 Å². The Morgan fingerprint density at radius 3 is 2.23 bits per heavy atom. The van der Waals surface area contributed by atoms with Gasteiger partial charge in [0.15, 0.2) is 22.3 Å². The summed E-state index contributed by atoms with van der Waals surface area (Å²) in [5.41, 5.74) is 3.71. The van der Waals surface area contributed by atoms with Crippen molar-refractivity contribution in [3.05, 3.63) is 59.1 Å². The normalized spacial score (nSPS) is 11.7. The number of benzene rings is 2. The van der Waals surface area contributed by atoms with Gasteiger partial charge in [-0.05, 0) is 43.7 Å². The largest absolute Gasteiger partial charge is 0.357 e. The number of rotatable bonds is 4.